The molecule has 1 aromatic heterocycles. The van der Waals surface area contributed by atoms with Crippen LogP contribution in [0.5, 0.6) is 0 Å². The Bertz CT molecular complexity index is 722. The monoisotopic (exact) mass is 322 g/mol. The van der Waals surface area contributed by atoms with Crippen LogP contribution in [0.25, 0.3) is 0 Å². The first-order valence-electron chi connectivity index (χ1n) is 6.98. The van der Waals surface area contributed by atoms with Crippen molar-refractivity contribution in [1.29, 1.82) is 0 Å². The van der Waals surface area contributed by atoms with Crippen LogP contribution >= 0.6 is 11.6 Å². The first-order chi connectivity index (χ1) is 10.5. The number of hydrogen-bond donors (Lipinski definition) is 2. The van der Waals surface area contributed by atoms with Crippen molar-refractivity contribution in [2.24, 2.45) is 0 Å². The van der Waals surface area contributed by atoms with Gasteiger partial charge in [-0.2, -0.15) is 5.16 Å². The van der Waals surface area contributed by atoms with Crippen LogP contribution < -0.4 is 5.56 Å². The largest absolute Gasteiger partial charge is 0.465 e. The highest BCUT2D eigenvalue weighted by Crippen LogP contribution is 2.39. The standard InChI is InChI=1S/C15H15ClN2O4/c16-11-3-1-9(2-4-11)12-7-10(5-6-18(12)15(20)21)13-8-14(19)17-22-13/h1-4,8,10,12H,5-7H2,(H,17,19)(H,20,21). The maximum absolute atomic E-state index is 11.5. The molecule has 0 saturated carbocycles. The summed E-state index contributed by atoms with van der Waals surface area (Å²) in [7, 11) is 0. The van der Waals surface area contributed by atoms with Crippen molar-refractivity contribution in [2.75, 3.05) is 6.54 Å². The van der Waals surface area contributed by atoms with Crippen molar-refractivity contribution < 1.29 is 14.4 Å². The molecule has 0 bridgehead atoms. The number of aromatic amines is 1. The molecule has 116 valence electrons. The van der Waals surface area contributed by atoms with E-state index in [1.165, 1.54) is 11.0 Å². The van der Waals surface area contributed by atoms with E-state index in [2.05, 4.69) is 5.16 Å². The van der Waals surface area contributed by atoms with Crippen molar-refractivity contribution in [2.45, 2.75) is 24.8 Å². The van der Waals surface area contributed by atoms with E-state index in [0.29, 0.717) is 30.2 Å². The maximum atomic E-state index is 11.5. The summed E-state index contributed by atoms with van der Waals surface area (Å²) in [6.45, 7) is 0.391. The molecular formula is C15H15ClN2O4. The Morgan fingerprint density at radius 2 is 2.09 bits per heavy atom. The van der Waals surface area contributed by atoms with Gasteiger partial charge in [0.15, 0.2) is 0 Å². The molecule has 1 aromatic carbocycles. The van der Waals surface area contributed by atoms with Crippen molar-refractivity contribution in [1.82, 2.24) is 10.1 Å². The predicted molar refractivity (Wildman–Crippen MR) is 80.2 cm³/mol. The molecule has 1 fully saturated rings. The topological polar surface area (TPSA) is 86.5 Å². The molecule has 6 nitrogen and oxygen atoms in total. The Labute approximate surface area is 131 Å². The lowest BCUT2D eigenvalue weighted by Crippen LogP contribution is -2.39. The molecule has 2 heterocycles. The fourth-order valence-electron chi connectivity index (χ4n) is 2.95. The number of H-pyrrole nitrogens is 1. The smallest absolute Gasteiger partial charge is 0.407 e. The van der Waals surface area contributed by atoms with Gasteiger partial charge in [-0.1, -0.05) is 23.7 Å². The number of hydrogen-bond acceptors (Lipinski definition) is 3. The van der Waals surface area contributed by atoms with E-state index in [9.17, 15) is 14.7 Å². The van der Waals surface area contributed by atoms with Crippen LogP contribution in [0.2, 0.25) is 5.02 Å². The van der Waals surface area contributed by atoms with Crippen LogP contribution in [0.1, 0.15) is 36.1 Å². The number of amides is 1. The van der Waals surface area contributed by atoms with Gasteiger partial charge in [0.25, 0.3) is 5.56 Å². The Morgan fingerprint density at radius 3 is 2.68 bits per heavy atom. The summed E-state index contributed by atoms with van der Waals surface area (Å²) in [4.78, 5) is 24.1. The van der Waals surface area contributed by atoms with Gasteiger partial charge in [0.1, 0.15) is 5.76 Å². The molecule has 2 N–H and O–H groups in total. The third kappa shape index (κ3) is 2.87. The predicted octanol–water partition coefficient (Wildman–Crippen LogP) is 3.22. The zero-order valence-electron chi connectivity index (χ0n) is 11.7. The number of likely N-dealkylation sites (tertiary alicyclic amines) is 1. The Hall–Kier alpha value is -2.21. The third-order valence-corrected chi connectivity index (χ3v) is 4.30. The molecule has 0 radical (unpaired) electrons. The van der Waals surface area contributed by atoms with E-state index < -0.39 is 6.09 Å². The highest BCUT2D eigenvalue weighted by atomic mass is 35.5. The fourth-order valence-corrected chi connectivity index (χ4v) is 3.08. The van der Waals surface area contributed by atoms with Gasteiger partial charge in [0, 0.05) is 23.6 Å². The van der Waals surface area contributed by atoms with Crippen molar-refractivity contribution in [3.63, 3.8) is 0 Å². The van der Waals surface area contributed by atoms with Gasteiger partial charge in [-0.3, -0.25) is 4.79 Å². The van der Waals surface area contributed by atoms with Gasteiger partial charge in [-0.15, -0.1) is 0 Å². The molecule has 0 aliphatic carbocycles. The summed E-state index contributed by atoms with van der Waals surface area (Å²) in [6, 6.07) is 8.30. The number of rotatable bonds is 2. The van der Waals surface area contributed by atoms with E-state index >= 15 is 0 Å². The number of benzene rings is 1. The average molecular weight is 323 g/mol. The number of nitrogens with one attached hydrogen (secondary N) is 1. The van der Waals surface area contributed by atoms with Crippen molar-refractivity contribution in [3.05, 3.63) is 57.0 Å². The van der Waals surface area contributed by atoms with Crippen LogP contribution in [0, 0.1) is 0 Å². The number of carbonyl (C=O) groups is 1. The second-order valence-corrected chi connectivity index (χ2v) is 5.82. The van der Waals surface area contributed by atoms with E-state index in [1.54, 1.807) is 12.1 Å². The van der Waals surface area contributed by atoms with Crippen LogP contribution in [0.4, 0.5) is 4.79 Å². The number of nitrogens with zero attached hydrogens (tertiary/aromatic N) is 1. The zero-order chi connectivity index (χ0) is 15.7. The van der Waals surface area contributed by atoms with Gasteiger partial charge in [0.2, 0.25) is 0 Å². The highest BCUT2D eigenvalue weighted by Gasteiger charge is 2.34. The molecule has 22 heavy (non-hydrogen) atoms. The van der Waals surface area contributed by atoms with Gasteiger partial charge in [-0.25, -0.2) is 4.79 Å². The molecule has 0 spiro atoms. The third-order valence-electron chi connectivity index (χ3n) is 4.05. The maximum Gasteiger partial charge on any atom is 0.407 e. The lowest BCUT2D eigenvalue weighted by atomic mass is 9.86. The van der Waals surface area contributed by atoms with Gasteiger partial charge in [-0.05, 0) is 30.5 Å². The first kappa shape index (κ1) is 14.7. The number of halogens is 1. The number of piperidine rings is 1. The molecule has 2 atom stereocenters. The minimum absolute atomic E-state index is 0.00947. The van der Waals surface area contributed by atoms with Crippen LogP contribution in [-0.4, -0.2) is 27.8 Å². The van der Waals surface area contributed by atoms with Crippen LogP contribution in [0.15, 0.2) is 39.6 Å². The van der Waals surface area contributed by atoms with E-state index in [-0.39, 0.29) is 17.5 Å². The number of carboxylic acid groups (broad SMARTS) is 1. The highest BCUT2D eigenvalue weighted by molar-refractivity contribution is 6.30. The summed E-state index contributed by atoms with van der Waals surface area (Å²) < 4.78 is 5.18. The summed E-state index contributed by atoms with van der Waals surface area (Å²) >= 11 is 5.89. The minimum atomic E-state index is -0.950. The summed E-state index contributed by atoms with van der Waals surface area (Å²) in [5, 5.41) is 12.3. The Kier molecular flexibility index (Phi) is 3.94. The zero-order valence-corrected chi connectivity index (χ0v) is 12.4. The molecule has 1 aliphatic heterocycles. The minimum Gasteiger partial charge on any atom is -0.465 e. The van der Waals surface area contributed by atoms with E-state index in [4.69, 9.17) is 16.1 Å². The SMILES string of the molecule is O=C(O)N1CCC(c2cc(=O)[nH]o2)CC1c1ccc(Cl)cc1. The molecule has 1 amide bonds. The normalized spacial score (nSPS) is 21.8. The van der Waals surface area contributed by atoms with Crippen molar-refractivity contribution in [3.8, 4) is 0 Å². The number of aromatic nitrogens is 1. The average Bonchev–Trinajstić information content (AvgIpc) is 2.94. The summed E-state index contributed by atoms with van der Waals surface area (Å²) in [5.41, 5.74) is 0.605. The van der Waals surface area contributed by atoms with Crippen LogP contribution in [0.3, 0.4) is 0 Å². The molecule has 2 aromatic rings. The van der Waals surface area contributed by atoms with Crippen LogP contribution in [-0.2, 0) is 0 Å². The lowest BCUT2D eigenvalue weighted by molar-refractivity contribution is 0.0968. The molecule has 1 aliphatic rings. The Morgan fingerprint density at radius 1 is 1.36 bits per heavy atom. The van der Waals surface area contributed by atoms with Gasteiger partial charge in [0.05, 0.1) is 6.04 Å². The summed E-state index contributed by atoms with van der Waals surface area (Å²) in [6.07, 6.45) is 0.236. The second-order valence-electron chi connectivity index (χ2n) is 5.38. The Balaban J connectivity index is 1.89. The van der Waals surface area contributed by atoms with E-state index in [0.717, 1.165) is 5.56 Å². The summed E-state index contributed by atoms with van der Waals surface area (Å²) in [5.74, 6) is 0.587. The molecule has 7 heteroatoms. The molecule has 1 saturated heterocycles. The van der Waals surface area contributed by atoms with E-state index in [1.807, 2.05) is 12.1 Å². The van der Waals surface area contributed by atoms with Gasteiger partial charge >= 0.3 is 6.09 Å². The van der Waals surface area contributed by atoms with Gasteiger partial charge < -0.3 is 14.5 Å². The second kappa shape index (κ2) is 5.88. The molecule has 2 unspecified atom stereocenters. The van der Waals surface area contributed by atoms with Crippen molar-refractivity contribution >= 4 is 17.7 Å². The fraction of sp³-hybridized carbons (Fsp3) is 0.333. The lowest BCUT2D eigenvalue weighted by Gasteiger charge is -2.37. The molecular weight excluding hydrogens is 308 g/mol. The first-order valence-corrected chi connectivity index (χ1v) is 7.36. The quantitative estimate of drug-likeness (QED) is 0.888. The molecule has 3 rings (SSSR count).